The molecule has 0 aliphatic heterocycles. The maximum atomic E-state index is 5.91. The van der Waals surface area contributed by atoms with E-state index in [0.717, 1.165) is 5.56 Å². The van der Waals surface area contributed by atoms with E-state index in [-0.39, 0.29) is 0 Å². The molecule has 0 saturated heterocycles. The summed E-state index contributed by atoms with van der Waals surface area (Å²) in [5.41, 5.74) is 6.07. The van der Waals surface area contributed by atoms with Crippen molar-refractivity contribution in [3.63, 3.8) is 0 Å². The maximum Gasteiger partial charge on any atom is 0.0722 e. The molecule has 0 aromatic heterocycles. The van der Waals surface area contributed by atoms with Crippen LogP contribution in [-0.4, -0.2) is 5.54 Å². The van der Waals surface area contributed by atoms with Crippen LogP contribution in [0.1, 0.15) is 19.4 Å². The average Bonchev–Trinajstić information content (AvgIpc) is 2.01. The van der Waals surface area contributed by atoms with Gasteiger partial charge in [-0.3, -0.25) is 0 Å². The number of hydrogen-bond acceptors (Lipinski definition) is 1. The van der Waals surface area contributed by atoms with E-state index in [9.17, 15) is 0 Å². The molecule has 0 bridgehead atoms. The third kappa shape index (κ3) is 3.50. The van der Waals surface area contributed by atoms with E-state index in [1.807, 2.05) is 38.1 Å². The van der Waals surface area contributed by atoms with Gasteiger partial charge in [-0.1, -0.05) is 35.6 Å². The zero-order valence-corrected chi connectivity index (χ0v) is 8.52. The normalized spacial score (nSPS) is 10.5. The lowest BCUT2D eigenvalue weighted by atomic mass is 10.1. The van der Waals surface area contributed by atoms with Crippen molar-refractivity contribution in [3.8, 4) is 11.8 Å². The van der Waals surface area contributed by atoms with Crippen LogP contribution in [0.5, 0.6) is 0 Å². The quantitative estimate of drug-likeness (QED) is 0.630. The highest BCUT2D eigenvalue weighted by molar-refractivity contribution is 6.31. The van der Waals surface area contributed by atoms with Crippen LogP contribution in [0.25, 0.3) is 0 Å². The molecular formula is C11H12ClN. The molecule has 0 saturated carbocycles. The molecule has 1 rings (SSSR count). The van der Waals surface area contributed by atoms with E-state index in [1.54, 1.807) is 0 Å². The Bertz CT molecular complexity index is 352. The highest BCUT2D eigenvalue weighted by atomic mass is 35.5. The van der Waals surface area contributed by atoms with Crippen molar-refractivity contribution in [2.24, 2.45) is 5.73 Å². The molecule has 1 aromatic rings. The van der Waals surface area contributed by atoms with Crippen LogP contribution in [0.15, 0.2) is 24.3 Å². The zero-order valence-electron chi connectivity index (χ0n) is 7.76. The Morgan fingerprint density at radius 1 is 1.31 bits per heavy atom. The predicted octanol–water partition coefficient (Wildman–Crippen LogP) is 2.43. The van der Waals surface area contributed by atoms with Crippen molar-refractivity contribution in [1.82, 2.24) is 0 Å². The van der Waals surface area contributed by atoms with Crippen LogP contribution in [-0.2, 0) is 0 Å². The Balaban J connectivity index is 2.97. The van der Waals surface area contributed by atoms with Gasteiger partial charge in [0.1, 0.15) is 0 Å². The fourth-order valence-corrected chi connectivity index (χ4v) is 0.974. The van der Waals surface area contributed by atoms with Crippen LogP contribution in [0.4, 0.5) is 0 Å². The molecule has 0 aliphatic carbocycles. The highest BCUT2D eigenvalue weighted by Gasteiger charge is 2.03. The van der Waals surface area contributed by atoms with E-state index in [1.165, 1.54) is 0 Å². The largest absolute Gasteiger partial charge is 0.316 e. The molecule has 2 heteroatoms. The summed E-state index contributed by atoms with van der Waals surface area (Å²) in [5.74, 6) is 5.87. The van der Waals surface area contributed by atoms with E-state index >= 15 is 0 Å². The first-order valence-electron chi connectivity index (χ1n) is 4.06. The summed E-state index contributed by atoms with van der Waals surface area (Å²) in [7, 11) is 0. The average molecular weight is 194 g/mol. The second kappa shape index (κ2) is 3.83. The molecule has 0 fully saturated rings. The van der Waals surface area contributed by atoms with Gasteiger partial charge >= 0.3 is 0 Å². The summed E-state index contributed by atoms with van der Waals surface area (Å²) in [6.07, 6.45) is 0. The van der Waals surface area contributed by atoms with Gasteiger partial charge in [0, 0.05) is 5.56 Å². The SMILES string of the molecule is CC(C)(N)C#Cc1ccccc1Cl. The molecule has 0 amide bonds. The predicted molar refractivity (Wildman–Crippen MR) is 56.6 cm³/mol. The summed E-state index contributed by atoms with van der Waals surface area (Å²) >= 11 is 5.91. The third-order valence-corrected chi connectivity index (χ3v) is 1.72. The van der Waals surface area contributed by atoms with E-state index in [4.69, 9.17) is 17.3 Å². The molecule has 0 unspecified atom stereocenters. The van der Waals surface area contributed by atoms with Crippen LogP contribution in [0.3, 0.4) is 0 Å². The summed E-state index contributed by atoms with van der Waals surface area (Å²) in [5, 5.41) is 0.666. The standard InChI is InChI=1S/C11H12ClN/c1-11(2,13)8-7-9-5-3-4-6-10(9)12/h3-6H,13H2,1-2H3. The Morgan fingerprint density at radius 2 is 1.92 bits per heavy atom. The number of hydrogen-bond donors (Lipinski definition) is 1. The number of rotatable bonds is 0. The van der Waals surface area contributed by atoms with Crippen LogP contribution in [0.2, 0.25) is 5.02 Å². The smallest absolute Gasteiger partial charge is 0.0722 e. The Labute approximate surface area is 83.9 Å². The Kier molecular flexibility index (Phi) is 2.98. The molecule has 0 radical (unpaired) electrons. The fraction of sp³-hybridized carbons (Fsp3) is 0.273. The summed E-state index contributed by atoms with van der Waals surface area (Å²) in [4.78, 5) is 0. The first-order valence-corrected chi connectivity index (χ1v) is 4.43. The lowest BCUT2D eigenvalue weighted by Gasteiger charge is -2.07. The second-order valence-corrected chi connectivity index (χ2v) is 3.86. The minimum absolute atomic E-state index is 0.473. The molecule has 2 N–H and O–H groups in total. The van der Waals surface area contributed by atoms with Gasteiger partial charge in [0.05, 0.1) is 10.6 Å². The maximum absolute atomic E-state index is 5.91. The molecule has 0 aliphatic rings. The van der Waals surface area contributed by atoms with Crippen molar-refractivity contribution >= 4 is 11.6 Å². The molecule has 13 heavy (non-hydrogen) atoms. The van der Waals surface area contributed by atoms with E-state index < -0.39 is 5.54 Å². The lowest BCUT2D eigenvalue weighted by molar-refractivity contribution is 0.680. The van der Waals surface area contributed by atoms with Gasteiger partial charge in [-0.05, 0) is 26.0 Å². The molecule has 0 heterocycles. The molecule has 1 aromatic carbocycles. The monoisotopic (exact) mass is 193 g/mol. The van der Waals surface area contributed by atoms with Gasteiger partial charge in [0.25, 0.3) is 0 Å². The van der Waals surface area contributed by atoms with Crippen molar-refractivity contribution in [2.45, 2.75) is 19.4 Å². The topological polar surface area (TPSA) is 26.0 Å². The van der Waals surface area contributed by atoms with Gasteiger partial charge in [-0.15, -0.1) is 0 Å². The fourth-order valence-electron chi connectivity index (χ4n) is 0.791. The van der Waals surface area contributed by atoms with Crippen molar-refractivity contribution in [1.29, 1.82) is 0 Å². The molecular weight excluding hydrogens is 182 g/mol. The first kappa shape index (κ1) is 10.1. The van der Waals surface area contributed by atoms with E-state index in [0.29, 0.717) is 5.02 Å². The molecule has 0 spiro atoms. The zero-order chi connectivity index (χ0) is 9.90. The first-order chi connectivity index (χ1) is 5.99. The van der Waals surface area contributed by atoms with Gasteiger partial charge in [0.2, 0.25) is 0 Å². The summed E-state index contributed by atoms with van der Waals surface area (Å²) < 4.78 is 0. The Morgan fingerprint density at radius 3 is 2.46 bits per heavy atom. The van der Waals surface area contributed by atoms with Crippen molar-refractivity contribution in [3.05, 3.63) is 34.9 Å². The lowest BCUT2D eigenvalue weighted by Crippen LogP contribution is -2.29. The van der Waals surface area contributed by atoms with Crippen molar-refractivity contribution in [2.75, 3.05) is 0 Å². The van der Waals surface area contributed by atoms with Gasteiger partial charge in [0.15, 0.2) is 0 Å². The highest BCUT2D eigenvalue weighted by Crippen LogP contribution is 2.13. The van der Waals surface area contributed by atoms with Crippen LogP contribution >= 0.6 is 11.6 Å². The minimum atomic E-state index is -0.473. The van der Waals surface area contributed by atoms with Crippen molar-refractivity contribution < 1.29 is 0 Å². The number of benzene rings is 1. The van der Waals surface area contributed by atoms with Crippen LogP contribution in [0, 0.1) is 11.8 Å². The Hall–Kier alpha value is -0.970. The van der Waals surface area contributed by atoms with Crippen LogP contribution < -0.4 is 5.73 Å². The molecule has 1 nitrogen and oxygen atoms in total. The molecule has 0 atom stereocenters. The number of halogens is 1. The van der Waals surface area contributed by atoms with E-state index in [2.05, 4.69) is 11.8 Å². The number of nitrogens with two attached hydrogens (primary N) is 1. The van der Waals surface area contributed by atoms with Gasteiger partial charge in [-0.25, -0.2) is 0 Å². The van der Waals surface area contributed by atoms with Gasteiger partial charge in [-0.2, -0.15) is 0 Å². The molecule has 68 valence electrons. The van der Waals surface area contributed by atoms with Gasteiger partial charge < -0.3 is 5.73 Å². The summed E-state index contributed by atoms with van der Waals surface area (Å²) in [6, 6.07) is 7.47. The second-order valence-electron chi connectivity index (χ2n) is 3.45. The summed E-state index contributed by atoms with van der Waals surface area (Å²) in [6.45, 7) is 3.72. The third-order valence-electron chi connectivity index (χ3n) is 1.39. The minimum Gasteiger partial charge on any atom is -0.316 e.